The maximum atomic E-state index is 12.0. The van der Waals surface area contributed by atoms with Gasteiger partial charge in [-0.15, -0.1) is 0 Å². The van der Waals surface area contributed by atoms with Gasteiger partial charge in [0.1, 0.15) is 0 Å². The molecule has 5 aromatic rings. The Bertz CT molecular complexity index is 1530. The minimum atomic E-state index is -0.298. The van der Waals surface area contributed by atoms with Crippen LogP contribution >= 0.6 is 0 Å². The van der Waals surface area contributed by atoms with Gasteiger partial charge in [-0.1, -0.05) is 30.3 Å². The molecular weight excluding hydrogens is 358 g/mol. The summed E-state index contributed by atoms with van der Waals surface area (Å²) in [5, 5.41) is 9.25. The topological polar surface area (TPSA) is 37.4 Å². The van der Waals surface area contributed by atoms with E-state index in [1.165, 1.54) is 44.0 Å². The van der Waals surface area contributed by atoms with Crippen molar-refractivity contribution in [3.05, 3.63) is 91.0 Å². The van der Waals surface area contributed by atoms with Gasteiger partial charge in [-0.3, -0.25) is 9.59 Å². The van der Waals surface area contributed by atoms with Crippen molar-refractivity contribution in [2.75, 3.05) is 4.90 Å². The van der Waals surface area contributed by atoms with Crippen molar-refractivity contribution >= 4 is 60.6 Å². The largest absolute Gasteiger partial charge is 0.269 e. The Labute approximate surface area is 166 Å². The highest BCUT2D eigenvalue weighted by Crippen LogP contribution is 2.32. The molecule has 0 saturated carbocycles. The second-order valence-electron chi connectivity index (χ2n) is 7.47. The molecule has 3 heteroatoms. The first-order valence-corrected chi connectivity index (χ1v) is 9.52. The molecule has 0 unspecified atom stereocenters. The van der Waals surface area contributed by atoms with E-state index in [1.54, 1.807) is 0 Å². The summed E-state index contributed by atoms with van der Waals surface area (Å²) in [6.45, 7) is 0. The Kier molecular flexibility index (Phi) is 3.18. The minimum absolute atomic E-state index is 0.298. The Hall–Kier alpha value is -3.98. The van der Waals surface area contributed by atoms with Crippen LogP contribution in [0.4, 0.5) is 5.69 Å². The first kappa shape index (κ1) is 16.0. The standard InChI is InChI=1S/C26H15NO2/c28-25-7-8-26(29)27(25)24-6-5-18-11-21-12-19-9-16-3-1-2-4-17(16)10-20(19)13-22(21)14-23(18)15-24/h1-15H. The van der Waals surface area contributed by atoms with E-state index in [1.807, 2.05) is 18.2 Å². The minimum Gasteiger partial charge on any atom is -0.269 e. The van der Waals surface area contributed by atoms with Crippen LogP contribution in [0.5, 0.6) is 0 Å². The number of nitrogens with zero attached hydrogens (tertiary/aromatic N) is 1. The molecule has 0 radical (unpaired) electrons. The van der Waals surface area contributed by atoms with Gasteiger partial charge in [0.2, 0.25) is 0 Å². The van der Waals surface area contributed by atoms with Gasteiger partial charge in [0.25, 0.3) is 11.8 Å². The summed E-state index contributed by atoms with van der Waals surface area (Å²) < 4.78 is 0. The van der Waals surface area contributed by atoms with E-state index in [0.717, 1.165) is 16.2 Å². The van der Waals surface area contributed by atoms with Crippen LogP contribution in [0.2, 0.25) is 0 Å². The molecule has 2 amide bonds. The van der Waals surface area contributed by atoms with Gasteiger partial charge in [0, 0.05) is 12.2 Å². The maximum absolute atomic E-state index is 12.0. The fourth-order valence-electron chi connectivity index (χ4n) is 4.22. The van der Waals surface area contributed by atoms with Gasteiger partial charge in [-0.05, 0) is 91.6 Å². The number of rotatable bonds is 1. The molecule has 0 N–H and O–H groups in total. The fourth-order valence-corrected chi connectivity index (χ4v) is 4.22. The second kappa shape index (κ2) is 5.76. The van der Waals surface area contributed by atoms with Gasteiger partial charge in [0.05, 0.1) is 5.69 Å². The van der Waals surface area contributed by atoms with Crippen molar-refractivity contribution in [3.8, 4) is 0 Å². The van der Waals surface area contributed by atoms with Crippen molar-refractivity contribution < 1.29 is 9.59 Å². The van der Waals surface area contributed by atoms with Crippen LogP contribution in [0.25, 0.3) is 43.1 Å². The normalized spacial score (nSPS) is 14.1. The molecular formula is C26H15NO2. The van der Waals surface area contributed by atoms with E-state index in [-0.39, 0.29) is 11.8 Å². The monoisotopic (exact) mass is 373 g/mol. The van der Waals surface area contributed by atoms with Crippen molar-refractivity contribution in [1.29, 1.82) is 0 Å². The van der Waals surface area contributed by atoms with Gasteiger partial charge in [-0.25, -0.2) is 4.90 Å². The molecule has 1 aliphatic heterocycles. The van der Waals surface area contributed by atoms with Crippen LogP contribution in [0.15, 0.2) is 91.0 Å². The molecule has 1 aliphatic rings. The lowest BCUT2D eigenvalue weighted by Gasteiger charge is -2.15. The first-order valence-electron chi connectivity index (χ1n) is 9.52. The van der Waals surface area contributed by atoms with Crippen LogP contribution in [-0.4, -0.2) is 11.8 Å². The molecule has 0 spiro atoms. The number of fused-ring (bicyclic) bond motifs is 4. The number of hydrogen-bond acceptors (Lipinski definition) is 2. The fraction of sp³-hybridized carbons (Fsp3) is 0. The average Bonchev–Trinajstić information content (AvgIpc) is 3.07. The summed E-state index contributed by atoms with van der Waals surface area (Å²) in [5.74, 6) is -0.596. The highest BCUT2D eigenvalue weighted by atomic mass is 16.2. The van der Waals surface area contributed by atoms with Gasteiger partial charge in [0.15, 0.2) is 0 Å². The molecule has 5 aromatic carbocycles. The number of benzene rings is 5. The molecule has 6 rings (SSSR count). The lowest BCUT2D eigenvalue weighted by molar-refractivity contribution is -0.119. The van der Waals surface area contributed by atoms with Crippen molar-refractivity contribution in [3.63, 3.8) is 0 Å². The summed E-state index contributed by atoms with van der Waals surface area (Å²) in [4.78, 5) is 25.2. The van der Waals surface area contributed by atoms with Gasteiger partial charge in [-0.2, -0.15) is 0 Å². The van der Waals surface area contributed by atoms with E-state index in [9.17, 15) is 9.59 Å². The van der Waals surface area contributed by atoms with Crippen LogP contribution in [0.1, 0.15) is 0 Å². The first-order chi connectivity index (χ1) is 14.2. The van der Waals surface area contributed by atoms with E-state index < -0.39 is 0 Å². The number of imide groups is 1. The average molecular weight is 373 g/mol. The van der Waals surface area contributed by atoms with Gasteiger partial charge < -0.3 is 0 Å². The Balaban J connectivity index is 1.57. The van der Waals surface area contributed by atoms with Crippen LogP contribution in [-0.2, 0) is 9.59 Å². The van der Waals surface area contributed by atoms with Crippen LogP contribution < -0.4 is 4.90 Å². The molecule has 29 heavy (non-hydrogen) atoms. The number of anilines is 1. The Morgan fingerprint density at radius 1 is 0.448 bits per heavy atom. The van der Waals surface area contributed by atoms with E-state index >= 15 is 0 Å². The Morgan fingerprint density at radius 2 is 0.862 bits per heavy atom. The zero-order valence-corrected chi connectivity index (χ0v) is 15.4. The summed E-state index contributed by atoms with van der Waals surface area (Å²) in [6, 6.07) is 27.2. The quantitative estimate of drug-likeness (QED) is 0.278. The maximum Gasteiger partial charge on any atom is 0.258 e. The van der Waals surface area contributed by atoms with Gasteiger partial charge >= 0.3 is 0 Å². The molecule has 0 fully saturated rings. The second-order valence-corrected chi connectivity index (χ2v) is 7.47. The molecule has 0 aliphatic carbocycles. The summed E-state index contributed by atoms with van der Waals surface area (Å²) in [5.41, 5.74) is 0.601. The SMILES string of the molecule is O=C1C=CC(=O)N1c1ccc2cc3cc4cc5ccccc5cc4cc3cc2c1. The molecule has 0 saturated heterocycles. The highest BCUT2D eigenvalue weighted by molar-refractivity contribution is 6.28. The molecule has 136 valence electrons. The van der Waals surface area contributed by atoms with Crippen molar-refractivity contribution in [1.82, 2.24) is 0 Å². The molecule has 0 bridgehead atoms. The Morgan fingerprint density at radius 3 is 1.38 bits per heavy atom. The number of hydrogen-bond donors (Lipinski definition) is 0. The third kappa shape index (κ3) is 2.44. The van der Waals surface area contributed by atoms with Crippen molar-refractivity contribution in [2.45, 2.75) is 0 Å². The van der Waals surface area contributed by atoms with Crippen LogP contribution in [0.3, 0.4) is 0 Å². The smallest absolute Gasteiger partial charge is 0.258 e. The van der Waals surface area contributed by atoms with E-state index in [4.69, 9.17) is 0 Å². The van der Waals surface area contributed by atoms with E-state index in [2.05, 4.69) is 60.7 Å². The van der Waals surface area contributed by atoms with Crippen LogP contribution in [0, 0.1) is 0 Å². The van der Waals surface area contributed by atoms with E-state index in [0.29, 0.717) is 5.69 Å². The predicted octanol–water partition coefficient (Wildman–Crippen LogP) is 5.73. The molecule has 0 atom stereocenters. The lowest BCUT2D eigenvalue weighted by atomic mass is 9.97. The molecule has 3 nitrogen and oxygen atoms in total. The number of amides is 2. The summed E-state index contributed by atoms with van der Waals surface area (Å²) >= 11 is 0. The third-order valence-electron chi connectivity index (χ3n) is 5.67. The zero-order valence-electron chi connectivity index (χ0n) is 15.4. The summed E-state index contributed by atoms with van der Waals surface area (Å²) in [7, 11) is 0. The van der Waals surface area contributed by atoms with Crippen molar-refractivity contribution in [2.24, 2.45) is 0 Å². The lowest BCUT2D eigenvalue weighted by Crippen LogP contribution is -2.29. The number of carbonyl (C=O) groups excluding carboxylic acids is 2. The zero-order chi connectivity index (χ0) is 19.5. The highest BCUT2D eigenvalue weighted by Gasteiger charge is 2.25. The predicted molar refractivity (Wildman–Crippen MR) is 118 cm³/mol. The summed E-state index contributed by atoms with van der Waals surface area (Å²) in [6.07, 6.45) is 2.62. The molecule has 1 heterocycles. The molecule has 0 aromatic heterocycles. The number of carbonyl (C=O) groups is 2. The third-order valence-corrected chi connectivity index (χ3v) is 5.67.